The molecule has 0 amide bonds. The molecule has 3 saturated heterocycles. The van der Waals surface area contributed by atoms with Gasteiger partial charge in [-0.25, -0.2) is 0 Å². The van der Waals surface area contributed by atoms with E-state index in [1.165, 1.54) is 37.7 Å². The smallest absolute Gasteiger partial charge is 0.0131 e. The van der Waals surface area contributed by atoms with E-state index in [-0.39, 0.29) is 0 Å². The van der Waals surface area contributed by atoms with Crippen LogP contribution in [0.1, 0.15) is 0 Å². The van der Waals surface area contributed by atoms with E-state index in [0.717, 1.165) is 0 Å². The van der Waals surface area contributed by atoms with Crippen LogP contribution >= 0.6 is 11.8 Å². The van der Waals surface area contributed by atoms with Crippen molar-refractivity contribution in [3.63, 3.8) is 0 Å². The zero-order valence-corrected chi connectivity index (χ0v) is 7.47. The van der Waals surface area contributed by atoms with Crippen LogP contribution in [0.4, 0.5) is 0 Å². The predicted octanol–water partition coefficient (Wildman–Crippen LogP) is -0.0876. The highest BCUT2D eigenvalue weighted by Gasteiger charge is 2.60. The average Bonchev–Trinajstić information content (AvgIpc) is 2.40. The van der Waals surface area contributed by atoms with Crippen molar-refractivity contribution in [2.45, 2.75) is 0 Å². The molecule has 3 aliphatic rings. The van der Waals surface area contributed by atoms with E-state index >= 15 is 0 Å². The maximum atomic E-state index is 3.55. The third-order valence-electron chi connectivity index (χ3n) is 3.74. The lowest BCUT2D eigenvalue weighted by molar-refractivity contribution is 0.241. The van der Waals surface area contributed by atoms with Crippen molar-refractivity contribution in [2.24, 2.45) is 10.8 Å². The molecule has 0 unspecified atom stereocenters. The van der Waals surface area contributed by atoms with E-state index in [2.05, 4.69) is 22.4 Å². The number of rotatable bonds is 0. The highest BCUT2D eigenvalue weighted by atomic mass is 32.2. The van der Waals surface area contributed by atoms with Crippen LogP contribution in [0.5, 0.6) is 0 Å². The van der Waals surface area contributed by atoms with Crippen molar-refractivity contribution >= 4 is 11.8 Å². The van der Waals surface area contributed by atoms with E-state index in [1.807, 2.05) is 0 Å². The van der Waals surface area contributed by atoms with Crippen molar-refractivity contribution in [3.05, 3.63) is 0 Å². The molecule has 3 heterocycles. The molecule has 0 radical (unpaired) electrons. The average molecular weight is 170 g/mol. The summed E-state index contributed by atoms with van der Waals surface area (Å²) >= 11 is 2.16. The van der Waals surface area contributed by atoms with Crippen molar-refractivity contribution in [2.75, 3.05) is 37.7 Å². The monoisotopic (exact) mass is 170 g/mol. The van der Waals surface area contributed by atoms with Crippen LogP contribution in [0.25, 0.3) is 0 Å². The molecule has 0 bridgehead atoms. The lowest BCUT2D eigenvalue weighted by Gasteiger charge is -2.29. The fourth-order valence-corrected chi connectivity index (χ4v) is 4.81. The molecular formula is C8H14N2S. The molecule has 0 saturated carbocycles. The van der Waals surface area contributed by atoms with Crippen LogP contribution in [-0.2, 0) is 0 Å². The van der Waals surface area contributed by atoms with Gasteiger partial charge in [0.25, 0.3) is 0 Å². The van der Waals surface area contributed by atoms with Gasteiger partial charge in [-0.05, 0) is 0 Å². The van der Waals surface area contributed by atoms with Crippen LogP contribution in [0, 0.1) is 10.8 Å². The Morgan fingerprint density at radius 3 is 1.73 bits per heavy atom. The molecule has 3 fully saturated rings. The summed E-state index contributed by atoms with van der Waals surface area (Å²) in [7, 11) is 0. The Kier molecular flexibility index (Phi) is 1.20. The molecule has 0 spiro atoms. The van der Waals surface area contributed by atoms with Crippen molar-refractivity contribution in [1.82, 2.24) is 10.6 Å². The summed E-state index contributed by atoms with van der Waals surface area (Å²) in [6, 6.07) is 0. The van der Waals surface area contributed by atoms with Gasteiger partial charge >= 0.3 is 0 Å². The van der Waals surface area contributed by atoms with E-state index in [9.17, 15) is 0 Å². The first kappa shape index (κ1) is 6.75. The van der Waals surface area contributed by atoms with Gasteiger partial charge in [0.05, 0.1) is 0 Å². The number of hydrogen-bond acceptors (Lipinski definition) is 3. The van der Waals surface area contributed by atoms with E-state index in [4.69, 9.17) is 0 Å². The maximum absolute atomic E-state index is 3.55. The zero-order chi connectivity index (χ0) is 7.36. The van der Waals surface area contributed by atoms with Gasteiger partial charge in [-0.2, -0.15) is 11.8 Å². The number of hydrogen-bond donors (Lipinski definition) is 2. The van der Waals surface area contributed by atoms with E-state index in [0.29, 0.717) is 10.8 Å². The zero-order valence-electron chi connectivity index (χ0n) is 6.65. The lowest BCUT2D eigenvalue weighted by Crippen LogP contribution is -2.38. The first-order valence-electron chi connectivity index (χ1n) is 4.36. The summed E-state index contributed by atoms with van der Waals surface area (Å²) in [6.07, 6.45) is 0. The van der Waals surface area contributed by atoms with Crippen LogP contribution in [-0.4, -0.2) is 37.7 Å². The molecule has 2 N–H and O–H groups in total. The minimum Gasteiger partial charge on any atom is -0.315 e. The largest absolute Gasteiger partial charge is 0.315 e. The SMILES string of the molecule is C1NCC23CNCC12CSC3. The van der Waals surface area contributed by atoms with Gasteiger partial charge in [-0.15, -0.1) is 0 Å². The molecule has 0 aromatic carbocycles. The Morgan fingerprint density at radius 2 is 1.27 bits per heavy atom. The summed E-state index contributed by atoms with van der Waals surface area (Å²) < 4.78 is 0. The molecule has 62 valence electrons. The second kappa shape index (κ2) is 1.95. The van der Waals surface area contributed by atoms with E-state index < -0.39 is 0 Å². The van der Waals surface area contributed by atoms with Gasteiger partial charge in [0.15, 0.2) is 0 Å². The third-order valence-corrected chi connectivity index (χ3v) is 5.25. The van der Waals surface area contributed by atoms with Crippen LogP contribution in [0.2, 0.25) is 0 Å². The molecule has 3 aliphatic heterocycles. The predicted molar refractivity (Wildman–Crippen MR) is 47.9 cm³/mol. The molecular weight excluding hydrogens is 156 g/mol. The molecule has 11 heavy (non-hydrogen) atoms. The topological polar surface area (TPSA) is 24.1 Å². The fourth-order valence-electron chi connectivity index (χ4n) is 2.91. The van der Waals surface area contributed by atoms with Gasteiger partial charge in [0, 0.05) is 48.5 Å². The number of nitrogens with one attached hydrogen (secondary N) is 2. The second-order valence-electron chi connectivity index (χ2n) is 4.26. The van der Waals surface area contributed by atoms with E-state index in [1.54, 1.807) is 0 Å². The molecule has 3 heteroatoms. The highest BCUT2D eigenvalue weighted by Crippen LogP contribution is 2.54. The molecule has 0 aliphatic carbocycles. The normalized spacial score (nSPS) is 54.5. The van der Waals surface area contributed by atoms with Gasteiger partial charge in [0.2, 0.25) is 0 Å². The molecule has 0 aromatic rings. The molecule has 0 aromatic heterocycles. The lowest BCUT2D eigenvalue weighted by atomic mass is 9.71. The maximum Gasteiger partial charge on any atom is 0.0131 e. The quantitative estimate of drug-likeness (QED) is 0.531. The summed E-state index contributed by atoms with van der Waals surface area (Å²) in [4.78, 5) is 0. The first-order valence-corrected chi connectivity index (χ1v) is 5.52. The first-order chi connectivity index (χ1) is 5.37. The van der Waals surface area contributed by atoms with Crippen molar-refractivity contribution < 1.29 is 0 Å². The van der Waals surface area contributed by atoms with Crippen LogP contribution < -0.4 is 10.6 Å². The van der Waals surface area contributed by atoms with Crippen LogP contribution in [0.15, 0.2) is 0 Å². The minimum atomic E-state index is 0.637. The highest BCUT2D eigenvalue weighted by molar-refractivity contribution is 7.99. The van der Waals surface area contributed by atoms with Gasteiger partial charge in [-0.1, -0.05) is 0 Å². The summed E-state index contributed by atoms with van der Waals surface area (Å²) in [5.41, 5.74) is 1.27. The minimum absolute atomic E-state index is 0.637. The summed E-state index contributed by atoms with van der Waals surface area (Å²) in [5, 5.41) is 7.11. The molecule has 0 atom stereocenters. The molecule has 3 rings (SSSR count). The third kappa shape index (κ3) is 0.635. The standard InChI is InChI=1S/C8H14N2S/c1-7-2-10-4-8(7,3-9-1)6-11-5-7/h9-10H,1-6H2. The fraction of sp³-hybridized carbons (Fsp3) is 1.00. The Morgan fingerprint density at radius 1 is 0.818 bits per heavy atom. The second-order valence-corrected chi connectivity index (χ2v) is 5.25. The summed E-state index contributed by atoms with van der Waals surface area (Å²) in [6.45, 7) is 5.03. The Hall–Kier alpha value is 0.270. The Labute approximate surface area is 71.5 Å². The Balaban J connectivity index is 2.06. The Bertz CT molecular complexity index is 145. The van der Waals surface area contributed by atoms with Gasteiger partial charge < -0.3 is 10.6 Å². The van der Waals surface area contributed by atoms with Crippen LogP contribution in [0.3, 0.4) is 0 Å². The van der Waals surface area contributed by atoms with Crippen molar-refractivity contribution in [1.29, 1.82) is 0 Å². The van der Waals surface area contributed by atoms with Crippen molar-refractivity contribution in [3.8, 4) is 0 Å². The summed E-state index contributed by atoms with van der Waals surface area (Å²) in [5.74, 6) is 2.76. The number of thioether (sulfide) groups is 1. The molecule has 2 nitrogen and oxygen atoms in total. The van der Waals surface area contributed by atoms with Gasteiger partial charge in [0.1, 0.15) is 0 Å². The van der Waals surface area contributed by atoms with Gasteiger partial charge in [-0.3, -0.25) is 0 Å².